The van der Waals surface area contributed by atoms with Crippen LogP contribution in [0.15, 0.2) is 54.5 Å². The second-order valence-corrected chi connectivity index (χ2v) is 7.91. The van der Waals surface area contributed by atoms with Crippen LogP contribution in [0.1, 0.15) is 40.3 Å². The number of carboxylic acids is 1. The first-order chi connectivity index (χ1) is 15.7. The van der Waals surface area contributed by atoms with Crippen molar-refractivity contribution in [3.8, 4) is 11.8 Å². The zero-order valence-corrected chi connectivity index (χ0v) is 18.2. The summed E-state index contributed by atoms with van der Waals surface area (Å²) in [6, 6.07) is 13.0. The highest BCUT2D eigenvalue weighted by Crippen LogP contribution is 2.31. The van der Waals surface area contributed by atoms with Gasteiger partial charge in [-0.2, -0.15) is 5.26 Å². The molecule has 0 unspecified atom stereocenters. The third-order valence-electron chi connectivity index (χ3n) is 5.14. The molecule has 1 aliphatic heterocycles. The molecule has 9 nitrogen and oxygen atoms in total. The number of rotatable bonds is 5. The van der Waals surface area contributed by atoms with E-state index < -0.39 is 17.7 Å². The predicted molar refractivity (Wildman–Crippen MR) is 119 cm³/mol. The van der Waals surface area contributed by atoms with E-state index >= 15 is 0 Å². The van der Waals surface area contributed by atoms with Gasteiger partial charge in [0.15, 0.2) is 11.5 Å². The Balaban J connectivity index is 1.63. The van der Waals surface area contributed by atoms with E-state index in [4.69, 9.17) is 19.5 Å². The fourth-order valence-electron chi connectivity index (χ4n) is 3.59. The van der Waals surface area contributed by atoms with Crippen LogP contribution >= 0.6 is 0 Å². The summed E-state index contributed by atoms with van der Waals surface area (Å²) in [6.07, 6.45) is 1.48. The first-order valence-corrected chi connectivity index (χ1v) is 10.0. The van der Waals surface area contributed by atoms with Crippen molar-refractivity contribution in [2.24, 2.45) is 7.05 Å². The molecule has 0 spiro atoms. The normalized spacial score (nSPS) is 15.8. The van der Waals surface area contributed by atoms with Crippen LogP contribution < -0.4 is 10.1 Å². The smallest absolute Gasteiger partial charge is 0.337 e. The lowest BCUT2D eigenvalue weighted by Crippen LogP contribution is -2.18. The summed E-state index contributed by atoms with van der Waals surface area (Å²) in [4.78, 5) is 24.6. The SMILES string of the molecule is Cn1c(C(=O)Nc2ccc(C#N)cc2C(=O)O)cc2cccc(OC=C3COC(C)(C)O3)c21. The average Bonchev–Trinajstić information content (AvgIpc) is 3.31. The summed E-state index contributed by atoms with van der Waals surface area (Å²) in [7, 11) is 1.71. The van der Waals surface area contributed by atoms with Crippen LogP contribution in [-0.2, 0) is 16.5 Å². The van der Waals surface area contributed by atoms with E-state index in [9.17, 15) is 14.7 Å². The van der Waals surface area contributed by atoms with Crippen molar-refractivity contribution in [3.05, 3.63) is 71.3 Å². The number of benzene rings is 2. The van der Waals surface area contributed by atoms with Gasteiger partial charge in [-0.1, -0.05) is 12.1 Å². The molecule has 3 aromatic rings. The van der Waals surface area contributed by atoms with E-state index in [0.29, 0.717) is 29.3 Å². The number of aromatic nitrogens is 1. The number of fused-ring (bicyclic) bond motifs is 1. The number of carboxylic acid groups (broad SMARTS) is 1. The second-order valence-electron chi connectivity index (χ2n) is 7.91. The highest BCUT2D eigenvalue weighted by molar-refractivity contribution is 6.09. The molecule has 0 saturated carbocycles. The Morgan fingerprint density at radius 1 is 1.27 bits per heavy atom. The van der Waals surface area contributed by atoms with Crippen molar-refractivity contribution in [1.29, 1.82) is 5.26 Å². The molecule has 1 aliphatic rings. The fraction of sp³-hybridized carbons (Fsp3) is 0.208. The first-order valence-electron chi connectivity index (χ1n) is 10.0. The van der Waals surface area contributed by atoms with Crippen molar-refractivity contribution in [2.45, 2.75) is 19.6 Å². The van der Waals surface area contributed by atoms with Gasteiger partial charge in [0, 0.05) is 26.3 Å². The standard InChI is InChI=1S/C24H21N3O6/c1-24(2)32-13-16(33-24)12-31-20-6-4-5-15-10-19(27(3)21(15)20)22(28)26-18-8-7-14(11-25)9-17(18)23(29)30/h4-10,12H,13H2,1-3H3,(H,26,28)(H,29,30). The number of carbonyl (C=O) groups is 2. The number of hydrogen-bond acceptors (Lipinski definition) is 6. The molecular formula is C24H21N3O6. The lowest BCUT2D eigenvalue weighted by atomic mass is 10.1. The van der Waals surface area contributed by atoms with E-state index in [1.54, 1.807) is 43.7 Å². The van der Waals surface area contributed by atoms with Crippen molar-refractivity contribution >= 4 is 28.5 Å². The number of nitrogens with zero attached hydrogens (tertiary/aromatic N) is 2. The lowest BCUT2D eigenvalue weighted by Gasteiger charge is -2.15. The Bertz CT molecular complexity index is 1350. The summed E-state index contributed by atoms with van der Waals surface area (Å²) >= 11 is 0. The van der Waals surface area contributed by atoms with Gasteiger partial charge in [0.05, 0.1) is 28.4 Å². The molecule has 33 heavy (non-hydrogen) atoms. The molecular weight excluding hydrogens is 426 g/mol. The minimum atomic E-state index is -1.25. The van der Waals surface area contributed by atoms with Gasteiger partial charge in [-0.15, -0.1) is 0 Å². The number of ether oxygens (including phenoxy) is 3. The summed E-state index contributed by atoms with van der Waals surface area (Å²) in [6.45, 7) is 3.90. The number of para-hydroxylation sites is 1. The zero-order valence-electron chi connectivity index (χ0n) is 18.2. The summed E-state index contributed by atoms with van der Waals surface area (Å²) < 4.78 is 18.6. The maximum atomic E-state index is 13.0. The average molecular weight is 447 g/mol. The summed E-state index contributed by atoms with van der Waals surface area (Å²) in [5.41, 5.74) is 1.09. The fourth-order valence-corrected chi connectivity index (χ4v) is 3.59. The van der Waals surface area contributed by atoms with E-state index in [1.807, 2.05) is 12.1 Å². The molecule has 0 bridgehead atoms. The van der Waals surface area contributed by atoms with E-state index in [-0.39, 0.29) is 16.8 Å². The highest BCUT2D eigenvalue weighted by Gasteiger charge is 2.29. The first kappa shape index (κ1) is 21.9. The molecule has 0 atom stereocenters. The minimum absolute atomic E-state index is 0.0963. The maximum absolute atomic E-state index is 13.0. The molecule has 2 heterocycles. The zero-order chi connectivity index (χ0) is 23.8. The summed E-state index contributed by atoms with van der Waals surface area (Å²) in [5.74, 6) is -1.40. The summed E-state index contributed by atoms with van der Waals surface area (Å²) in [5, 5.41) is 21.9. The van der Waals surface area contributed by atoms with Gasteiger partial charge < -0.3 is 29.2 Å². The number of aromatic carboxylic acids is 1. The van der Waals surface area contributed by atoms with Gasteiger partial charge in [-0.25, -0.2) is 4.79 Å². The number of hydrogen-bond donors (Lipinski definition) is 2. The van der Waals surface area contributed by atoms with Crippen molar-refractivity contribution in [3.63, 3.8) is 0 Å². The van der Waals surface area contributed by atoms with Gasteiger partial charge in [-0.3, -0.25) is 4.79 Å². The van der Waals surface area contributed by atoms with Crippen molar-refractivity contribution < 1.29 is 28.9 Å². The number of aryl methyl sites for hydroxylation is 1. The Hall–Kier alpha value is -4.29. The van der Waals surface area contributed by atoms with Gasteiger partial charge in [-0.05, 0) is 30.3 Å². The van der Waals surface area contributed by atoms with Crippen LogP contribution in [-0.4, -0.2) is 33.9 Å². The molecule has 0 aliphatic carbocycles. The van der Waals surface area contributed by atoms with Gasteiger partial charge in [0.2, 0.25) is 5.79 Å². The highest BCUT2D eigenvalue weighted by atomic mass is 16.7. The monoisotopic (exact) mass is 447 g/mol. The third-order valence-corrected chi connectivity index (χ3v) is 5.14. The Kier molecular flexibility index (Phi) is 5.54. The molecule has 1 fully saturated rings. The van der Waals surface area contributed by atoms with Gasteiger partial charge in [0.1, 0.15) is 18.6 Å². The number of anilines is 1. The molecule has 4 rings (SSSR count). The van der Waals surface area contributed by atoms with E-state index in [1.165, 1.54) is 24.5 Å². The quantitative estimate of drug-likeness (QED) is 0.567. The number of carbonyl (C=O) groups excluding carboxylic acids is 1. The van der Waals surface area contributed by atoms with Crippen LogP contribution in [0.3, 0.4) is 0 Å². The lowest BCUT2D eigenvalue weighted by molar-refractivity contribution is -0.117. The topological polar surface area (TPSA) is 123 Å². The molecule has 2 aromatic carbocycles. The van der Waals surface area contributed by atoms with Crippen LogP contribution in [0, 0.1) is 11.3 Å². The Labute approximate surface area is 189 Å². The van der Waals surface area contributed by atoms with Crippen molar-refractivity contribution in [1.82, 2.24) is 4.57 Å². The third kappa shape index (κ3) is 4.37. The molecule has 1 amide bonds. The largest absolute Gasteiger partial charge is 0.478 e. The Morgan fingerprint density at radius 3 is 2.73 bits per heavy atom. The minimum Gasteiger partial charge on any atom is -0.478 e. The van der Waals surface area contributed by atoms with E-state index in [0.717, 1.165) is 5.39 Å². The molecule has 168 valence electrons. The molecule has 0 radical (unpaired) electrons. The van der Waals surface area contributed by atoms with Gasteiger partial charge in [0.25, 0.3) is 5.91 Å². The molecule has 1 saturated heterocycles. The number of amides is 1. The second kappa shape index (κ2) is 8.33. The van der Waals surface area contributed by atoms with Crippen LogP contribution in [0.25, 0.3) is 10.9 Å². The number of nitrogens with one attached hydrogen (secondary N) is 1. The maximum Gasteiger partial charge on any atom is 0.337 e. The molecule has 9 heteroatoms. The molecule has 2 N–H and O–H groups in total. The molecule has 1 aromatic heterocycles. The van der Waals surface area contributed by atoms with Crippen LogP contribution in [0.4, 0.5) is 5.69 Å². The number of nitriles is 1. The van der Waals surface area contributed by atoms with E-state index in [2.05, 4.69) is 5.32 Å². The predicted octanol–water partition coefficient (Wildman–Crippen LogP) is 4.00. The van der Waals surface area contributed by atoms with Gasteiger partial charge >= 0.3 is 5.97 Å². The van der Waals surface area contributed by atoms with Crippen LogP contribution in [0.2, 0.25) is 0 Å². The Morgan fingerprint density at radius 2 is 2.06 bits per heavy atom. The van der Waals surface area contributed by atoms with Crippen molar-refractivity contribution in [2.75, 3.05) is 11.9 Å². The van der Waals surface area contributed by atoms with Crippen LogP contribution in [0.5, 0.6) is 5.75 Å².